The molecule has 120 valence electrons. The molecular formula is C18H18O3S2. The van der Waals surface area contributed by atoms with Crippen LogP contribution < -0.4 is 0 Å². The van der Waals surface area contributed by atoms with E-state index in [2.05, 4.69) is 13.8 Å². The molecule has 0 saturated carbocycles. The molecule has 0 atom stereocenters. The van der Waals surface area contributed by atoms with Crippen molar-refractivity contribution in [1.82, 2.24) is 0 Å². The summed E-state index contributed by atoms with van der Waals surface area (Å²) >= 11 is 2.85. The predicted molar refractivity (Wildman–Crippen MR) is 95.8 cm³/mol. The van der Waals surface area contributed by atoms with Gasteiger partial charge < -0.3 is 5.11 Å². The van der Waals surface area contributed by atoms with E-state index in [1.54, 1.807) is 23.9 Å². The monoisotopic (exact) mass is 346 g/mol. The molecule has 3 nitrogen and oxygen atoms in total. The summed E-state index contributed by atoms with van der Waals surface area (Å²) in [6.45, 7) is 6.28. The normalized spacial score (nSPS) is 10.8. The fraction of sp³-hybridized carbons (Fsp3) is 0.222. The van der Waals surface area contributed by atoms with Crippen molar-refractivity contribution in [2.45, 2.75) is 35.8 Å². The summed E-state index contributed by atoms with van der Waals surface area (Å²) in [5, 5.41) is 9.30. The third-order valence-corrected chi connectivity index (χ3v) is 5.19. The van der Waals surface area contributed by atoms with Gasteiger partial charge in [0.2, 0.25) is 5.12 Å². The van der Waals surface area contributed by atoms with Gasteiger partial charge in [0.05, 0.1) is 5.56 Å². The molecule has 2 rings (SSSR count). The molecular weight excluding hydrogens is 328 g/mol. The van der Waals surface area contributed by atoms with Gasteiger partial charge in [0.25, 0.3) is 0 Å². The molecule has 0 saturated heterocycles. The average Bonchev–Trinajstić information content (AvgIpc) is 2.49. The Kier molecular flexibility index (Phi) is 5.91. The summed E-state index contributed by atoms with van der Waals surface area (Å²) in [7, 11) is 0. The molecule has 2 aromatic carbocycles. The highest BCUT2D eigenvalue weighted by atomic mass is 32.2. The van der Waals surface area contributed by atoms with Gasteiger partial charge in [-0.05, 0) is 54.6 Å². The smallest absolute Gasteiger partial charge is 0.335 e. The largest absolute Gasteiger partial charge is 0.478 e. The summed E-state index contributed by atoms with van der Waals surface area (Å²) in [6.07, 6.45) is 0. The lowest BCUT2D eigenvalue weighted by atomic mass is 10.2. The van der Waals surface area contributed by atoms with E-state index in [0.717, 1.165) is 27.1 Å². The quantitative estimate of drug-likeness (QED) is 0.761. The van der Waals surface area contributed by atoms with Crippen LogP contribution in [0.2, 0.25) is 0 Å². The summed E-state index contributed by atoms with van der Waals surface area (Å²) in [6, 6.07) is 12.1. The van der Waals surface area contributed by atoms with E-state index in [4.69, 9.17) is 5.11 Å². The fourth-order valence-corrected chi connectivity index (χ4v) is 3.63. The van der Waals surface area contributed by atoms with Gasteiger partial charge in [-0.2, -0.15) is 0 Å². The summed E-state index contributed by atoms with van der Waals surface area (Å²) in [4.78, 5) is 25.1. The Morgan fingerprint density at radius 1 is 1.00 bits per heavy atom. The molecule has 0 aliphatic carbocycles. The molecule has 0 radical (unpaired) electrons. The van der Waals surface area contributed by atoms with Crippen molar-refractivity contribution >= 4 is 34.6 Å². The van der Waals surface area contributed by atoms with E-state index in [1.165, 1.54) is 12.1 Å². The van der Waals surface area contributed by atoms with Crippen LogP contribution in [0.5, 0.6) is 0 Å². The van der Waals surface area contributed by atoms with Crippen molar-refractivity contribution in [3.63, 3.8) is 0 Å². The second-order valence-electron chi connectivity index (χ2n) is 5.37. The molecule has 0 fully saturated rings. The minimum atomic E-state index is -0.971. The lowest BCUT2D eigenvalue weighted by molar-refractivity contribution is 0.0696. The molecule has 0 bridgehead atoms. The molecule has 0 amide bonds. The molecule has 0 heterocycles. The lowest BCUT2D eigenvalue weighted by Gasteiger charge is -2.10. The van der Waals surface area contributed by atoms with Gasteiger partial charge in [-0.25, -0.2) is 4.79 Å². The number of benzene rings is 2. The maximum Gasteiger partial charge on any atom is 0.335 e. The van der Waals surface area contributed by atoms with E-state index >= 15 is 0 Å². The van der Waals surface area contributed by atoms with E-state index in [1.807, 2.05) is 25.1 Å². The number of carboxylic acids is 1. The topological polar surface area (TPSA) is 54.4 Å². The highest BCUT2D eigenvalue weighted by Crippen LogP contribution is 2.30. The highest BCUT2D eigenvalue weighted by molar-refractivity contribution is 8.14. The van der Waals surface area contributed by atoms with Gasteiger partial charge in [0.1, 0.15) is 0 Å². The van der Waals surface area contributed by atoms with Gasteiger partial charge in [-0.15, -0.1) is 11.8 Å². The second-order valence-corrected chi connectivity index (χ2v) is 8.03. The molecule has 0 aromatic heterocycles. The molecule has 2 aromatic rings. The van der Waals surface area contributed by atoms with Crippen molar-refractivity contribution in [1.29, 1.82) is 0 Å². The SMILES string of the molecule is Cc1ccc(C(=O)Sc2ccc(C(=O)O)cc2)cc1SC(C)C. The van der Waals surface area contributed by atoms with E-state index < -0.39 is 5.97 Å². The van der Waals surface area contributed by atoms with Crippen LogP contribution in [0.15, 0.2) is 52.3 Å². The second kappa shape index (κ2) is 7.70. The number of thioether (sulfide) groups is 2. The maximum absolute atomic E-state index is 12.4. The van der Waals surface area contributed by atoms with Crippen LogP contribution in [0.1, 0.15) is 40.1 Å². The van der Waals surface area contributed by atoms with Crippen LogP contribution in [0.3, 0.4) is 0 Å². The Labute approximate surface area is 144 Å². The van der Waals surface area contributed by atoms with Gasteiger partial charge in [-0.3, -0.25) is 4.79 Å². The average molecular weight is 346 g/mol. The van der Waals surface area contributed by atoms with Crippen LogP contribution in [0.25, 0.3) is 0 Å². The van der Waals surface area contributed by atoms with E-state index in [-0.39, 0.29) is 10.7 Å². The molecule has 0 spiro atoms. The van der Waals surface area contributed by atoms with E-state index in [0.29, 0.717) is 10.8 Å². The van der Waals surface area contributed by atoms with Crippen molar-refractivity contribution in [2.24, 2.45) is 0 Å². The van der Waals surface area contributed by atoms with Crippen molar-refractivity contribution in [2.75, 3.05) is 0 Å². The van der Waals surface area contributed by atoms with Crippen LogP contribution in [0, 0.1) is 6.92 Å². The summed E-state index contributed by atoms with van der Waals surface area (Å²) < 4.78 is 0. The van der Waals surface area contributed by atoms with E-state index in [9.17, 15) is 9.59 Å². The minimum Gasteiger partial charge on any atom is -0.478 e. The molecule has 23 heavy (non-hydrogen) atoms. The van der Waals surface area contributed by atoms with Crippen LogP contribution in [-0.4, -0.2) is 21.4 Å². The number of hydrogen-bond donors (Lipinski definition) is 1. The number of hydrogen-bond acceptors (Lipinski definition) is 4. The highest BCUT2D eigenvalue weighted by Gasteiger charge is 2.12. The number of carbonyl (C=O) groups is 2. The first-order valence-corrected chi connectivity index (χ1v) is 8.89. The standard InChI is InChI=1S/C18H18O3S2/c1-11(2)22-16-10-14(5-4-12(16)3)18(21)23-15-8-6-13(7-9-15)17(19)20/h4-11H,1-3H3,(H,19,20). The lowest BCUT2D eigenvalue weighted by Crippen LogP contribution is -1.97. The third-order valence-electron chi connectivity index (χ3n) is 3.10. The zero-order valence-electron chi connectivity index (χ0n) is 13.2. The van der Waals surface area contributed by atoms with Crippen LogP contribution in [-0.2, 0) is 0 Å². The van der Waals surface area contributed by atoms with Gasteiger partial charge in [0, 0.05) is 20.6 Å². The van der Waals surface area contributed by atoms with Crippen molar-refractivity contribution in [3.8, 4) is 0 Å². The number of carboxylic acid groups (broad SMARTS) is 1. The molecule has 0 unspecified atom stereocenters. The zero-order chi connectivity index (χ0) is 17.0. The van der Waals surface area contributed by atoms with Gasteiger partial charge in [-0.1, -0.05) is 26.0 Å². The van der Waals surface area contributed by atoms with Crippen LogP contribution >= 0.6 is 23.5 Å². The number of carbonyl (C=O) groups excluding carboxylic acids is 1. The number of aryl methyl sites for hydroxylation is 1. The molecule has 1 N–H and O–H groups in total. The molecule has 0 aliphatic rings. The maximum atomic E-state index is 12.4. The van der Waals surface area contributed by atoms with Gasteiger partial charge in [0.15, 0.2) is 0 Å². The minimum absolute atomic E-state index is 0.0429. The Hall–Kier alpha value is -1.72. The number of aromatic carboxylic acids is 1. The third kappa shape index (κ3) is 4.88. The van der Waals surface area contributed by atoms with Crippen LogP contribution in [0.4, 0.5) is 0 Å². The summed E-state index contributed by atoms with van der Waals surface area (Å²) in [5.74, 6) is -0.971. The van der Waals surface area contributed by atoms with Crippen molar-refractivity contribution < 1.29 is 14.7 Å². The Bertz CT molecular complexity index is 722. The zero-order valence-corrected chi connectivity index (χ0v) is 14.8. The fourth-order valence-electron chi connectivity index (χ4n) is 1.94. The van der Waals surface area contributed by atoms with Gasteiger partial charge >= 0.3 is 5.97 Å². The first-order chi connectivity index (χ1) is 10.9. The predicted octanol–water partition coefficient (Wildman–Crippen LogP) is 5.13. The van der Waals surface area contributed by atoms with Crippen molar-refractivity contribution in [3.05, 3.63) is 59.2 Å². The Morgan fingerprint density at radius 2 is 1.61 bits per heavy atom. The summed E-state index contributed by atoms with van der Waals surface area (Å²) in [5.41, 5.74) is 2.04. The molecule has 5 heteroatoms. The Morgan fingerprint density at radius 3 is 2.17 bits per heavy atom. The number of rotatable bonds is 5. The first-order valence-electron chi connectivity index (χ1n) is 7.19. The first kappa shape index (κ1) is 17.6. The molecule has 0 aliphatic heterocycles. The Balaban J connectivity index is 2.15.